The smallest absolute Gasteiger partial charge is 1.00 e. The fourth-order valence-corrected chi connectivity index (χ4v) is 1.18. The maximum atomic E-state index is 10.3. The zero-order valence-corrected chi connectivity index (χ0v) is 11.0. The Morgan fingerprint density at radius 1 is 1.29 bits per heavy atom. The summed E-state index contributed by atoms with van der Waals surface area (Å²) in [5.74, 6) is -0.711. The number of benzene rings is 1. The van der Waals surface area contributed by atoms with Crippen molar-refractivity contribution in [1.82, 2.24) is 0 Å². The Morgan fingerprint density at radius 3 is 2.12 bits per heavy atom. The second kappa shape index (κ2) is 7.03. The van der Waals surface area contributed by atoms with Gasteiger partial charge in [0.25, 0.3) is 0 Å². The molecule has 6 heteroatoms. The summed E-state index contributed by atoms with van der Waals surface area (Å²) in [6, 6.07) is 3.02. The van der Waals surface area contributed by atoms with Crippen molar-refractivity contribution < 1.29 is 27.3 Å². The SMILES string of the molecule is COc1cc(C=CC(=O)O)cc(OC)c1O.[H-].[H-].[Mg+2]. The standard InChI is InChI=1S/C11H12O5.Mg.2H/c1-15-8-5-7(3-4-10(12)13)6-9(16-2)11(8)14;;;/h3-6,14H,1-2H3,(H,12,13);;;/q;+2;2*-1. The summed E-state index contributed by atoms with van der Waals surface area (Å²) in [5, 5.41) is 18.1. The molecule has 0 spiro atoms. The molecule has 90 valence electrons. The second-order valence-corrected chi connectivity index (χ2v) is 2.95. The van der Waals surface area contributed by atoms with E-state index in [9.17, 15) is 9.90 Å². The number of carbonyl (C=O) groups is 1. The van der Waals surface area contributed by atoms with Crippen molar-refractivity contribution in [3.05, 3.63) is 23.8 Å². The molecule has 0 radical (unpaired) electrons. The molecule has 0 saturated heterocycles. The number of hydrogen-bond acceptors (Lipinski definition) is 4. The first-order valence-electron chi connectivity index (χ1n) is 4.44. The third-order valence-corrected chi connectivity index (χ3v) is 1.92. The molecule has 1 rings (SSSR count). The molecule has 0 atom stereocenters. The largest absolute Gasteiger partial charge is 2.00 e. The van der Waals surface area contributed by atoms with E-state index in [4.69, 9.17) is 14.6 Å². The molecule has 0 unspecified atom stereocenters. The molecule has 0 amide bonds. The second-order valence-electron chi connectivity index (χ2n) is 2.95. The van der Waals surface area contributed by atoms with Crippen LogP contribution in [-0.4, -0.2) is 53.5 Å². The molecule has 0 aliphatic heterocycles. The van der Waals surface area contributed by atoms with Gasteiger partial charge in [-0.25, -0.2) is 4.79 Å². The summed E-state index contributed by atoms with van der Waals surface area (Å²) in [4.78, 5) is 10.3. The Morgan fingerprint density at radius 2 is 1.76 bits per heavy atom. The van der Waals surface area contributed by atoms with Gasteiger partial charge in [0.05, 0.1) is 14.2 Å². The number of phenols is 1. The minimum absolute atomic E-state index is 0. The molecular formula is C11H14MgO5. The Kier molecular flexibility index (Phi) is 6.45. The van der Waals surface area contributed by atoms with Crippen LogP contribution in [0.3, 0.4) is 0 Å². The number of rotatable bonds is 4. The van der Waals surface area contributed by atoms with Gasteiger partial charge in [0, 0.05) is 6.08 Å². The van der Waals surface area contributed by atoms with Gasteiger partial charge in [0.15, 0.2) is 11.5 Å². The summed E-state index contributed by atoms with van der Waals surface area (Å²) in [5.41, 5.74) is 0.564. The van der Waals surface area contributed by atoms with Crippen LogP contribution in [0.1, 0.15) is 8.42 Å². The van der Waals surface area contributed by atoms with Crippen LogP contribution < -0.4 is 9.47 Å². The quantitative estimate of drug-likeness (QED) is 0.623. The van der Waals surface area contributed by atoms with Crippen LogP contribution >= 0.6 is 0 Å². The number of ether oxygens (including phenoxy) is 2. The fourth-order valence-electron chi connectivity index (χ4n) is 1.18. The van der Waals surface area contributed by atoms with E-state index in [-0.39, 0.29) is 43.2 Å². The molecule has 0 fully saturated rings. The molecular weight excluding hydrogens is 236 g/mol. The Hall–Kier alpha value is -1.40. The molecule has 0 aliphatic carbocycles. The van der Waals surface area contributed by atoms with Gasteiger partial charge in [-0.2, -0.15) is 0 Å². The minimum atomic E-state index is -1.05. The average molecular weight is 251 g/mol. The van der Waals surface area contributed by atoms with E-state index < -0.39 is 5.97 Å². The van der Waals surface area contributed by atoms with Gasteiger partial charge in [-0.05, 0) is 23.8 Å². The van der Waals surface area contributed by atoms with Crippen molar-refractivity contribution >= 4 is 35.1 Å². The van der Waals surface area contributed by atoms with E-state index in [2.05, 4.69) is 0 Å². The maximum absolute atomic E-state index is 10.3. The van der Waals surface area contributed by atoms with Crippen LogP contribution in [0.5, 0.6) is 17.2 Å². The zero-order chi connectivity index (χ0) is 12.1. The van der Waals surface area contributed by atoms with Crippen LogP contribution in [0.2, 0.25) is 0 Å². The Balaban J connectivity index is -0.000000853. The fraction of sp³-hybridized carbons (Fsp3) is 0.182. The number of carboxylic acids is 1. The van der Waals surface area contributed by atoms with Gasteiger partial charge in [-0.1, -0.05) is 0 Å². The van der Waals surface area contributed by atoms with E-state index in [1.807, 2.05) is 0 Å². The molecule has 0 aliphatic rings. The first-order chi connectivity index (χ1) is 7.58. The van der Waals surface area contributed by atoms with Gasteiger partial charge >= 0.3 is 29.0 Å². The summed E-state index contributed by atoms with van der Waals surface area (Å²) >= 11 is 0. The molecule has 1 aromatic carbocycles. The van der Waals surface area contributed by atoms with Gasteiger partial charge < -0.3 is 22.5 Å². The summed E-state index contributed by atoms with van der Waals surface area (Å²) in [6.07, 6.45) is 2.37. The van der Waals surface area contributed by atoms with E-state index in [0.29, 0.717) is 5.56 Å². The van der Waals surface area contributed by atoms with Gasteiger partial charge in [0.1, 0.15) is 0 Å². The van der Waals surface area contributed by atoms with Crippen molar-refractivity contribution in [2.24, 2.45) is 0 Å². The van der Waals surface area contributed by atoms with Crippen molar-refractivity contribution in [2.45, 2.75) is 0 Å². The van der Waals surface area contributed by atoms with Crippen molar-refractivity contribution in [1.29, 1.82) is 0 Å². The Labute approximate surface area is 118 Å². The van der Waals surface area contributed by atoms with E-state index in [0.717, 1.165) is 6.08 Å². The number of carboxylic acid groups (broad SMARTS) is 1. The van der Waals surface area contributed by atoms with Gasteiger partial charge in [0.2, 0.25) is 5.75 Å². The summed E-state index contributed by atoms with van der Waals surface area (Å²) in [7, 11) is 2.80. The normalized spacial score (nSPS) is 9.76. The van der Waals surface area contributed by atoms with E-state index in [1.165, 1.54) is 32.4 Å². The van der Waals surface area contributed by atoms with Crippen molar-refractivity contribution in [3.8, 4) is 17.2 Å². The average Bonchev–Trinajstić information content (AvgIpc) is 2.27. The Bertz CT molecular complexity index is 412. The summed E-state index contributed by atoms with van der Waals surface area (Å²) < 4.78 is 9.85. The van der Waals surface area contributed by atoms with Crippen LogP contribution in [0.15, 0.2) is 18.2 Å². The predicted molar refractivity (Wildman–Crippen MR) is 65.9 cm³/mol. The number of methoxy groups -OCH3 is 2. The first kappa shape index (κ1) is 15.6. The molecule has 5 nitrogen and oxygen atoms in total. The van der Waals surface area contributed by atoms with Crippen molar-refractivity contribution in [3.63, 3.8) is 0 Å². The number of phenolic OH excluding ortho intramolecular Hbond substituents is 1. The van der Waals surface area contributed by atoms with Crippen LogP contribution in [0.25, 0.3) is 6.08 Å². The van der Waals surface area contributed by atoms with Crippen molar-refractivity contribution in [2.75, 3.05) is 14.2 Å². The topological polar surface area (TPSA) is 76.0 Å². The molecule has 2 N–H and O–H groups in total. The monoisotopic (exact) mass is 250 g/mol. The first-order valence-corrected chi connectivity index (χ1v) is 4.44. The number of hydrogen-bond donors (Lipinski definition) is 2. The van der Waals surface area contributed by atoms with Crippen LogP contribution in [-0.2, 0) is 4.79 Å². The van der Waals surface area contributed by atoms with Crippen LogP contribution in [0.4, 0.5) is 0 Å². The molecule has 17 heavy (non-hydrogen) atoms. The zero-order valence-electron chi connectivity index (χ0n) is 11.6. The molecule has 0 aromatic heterocycles. The third-order valence-electron chi connectivity index (χ3n) is 1.92. The molecule has 0 bridgehead atoms. The molecule has 1 aromatic rings. The number of aliphatic carboxylic acids is 1. The molecule has 0 heterocycles. The van der Waals surface area contributed by atoms with Crippen LogP contribution in [0, 0.1) is 0 Å². The minimum Gasteiger partial charge on any atom is -1.00 e. The maximum Gasteiger partial charge on any atom is 2.00 e. The summed E-state index contributed by atoms with van der Waals surface area (Å²) in [6.45, 7) is 0. The van der Waals surface area contributed by atoms with E-state index in [1.54, 1.807) is 0 Å². The van der Waals surface area contributed by atoms with Gasteiger partial charge in [-0.3, -0.25) is 0 Å². The van der Waals surface area contributed by atoms with E-state index >= 15 is 0 Å². The predicted octanol–water partition coefficient (Wildman–Crippen LogP) is 1.35. The number of aromatic hydroxyl groups is 1. The molecule has 0 saturated carbocycles. The van der Waals surface area contributed by atoms with Gasteiger partial charge in [-0.15, -0.1) is 0 Å². The third kappa shape index (κ3) is 4.16.